The molecule has 1 atom stereocenters. The molecule has 0 aromatic heterocycles. The minimum atomic E-state index is -4.52. The van der Waals surface area contributed by atoms with Crippen LogP contribution in [-0.2, 0) is 15.8 Å². The number of halogens is 3. The molecule has 1 aliphatic heterocycles. The maximum absolute atomic E-state index is 13.1. The molecule has 1 aliphatic rings. The monoisotopic (exact) mass is 317 g/mol. The van der Waals surface area contributed by atoms with Crippen molar-refractivity contribution in [3.05, 3.63) is 29.3 Å². The lowest BCUT2D eigenvalue weighted by molar-refractivity contribution is -0.137. The molecule has 1 heterocycles. The van der Waals surface area contributed by atoms with E-state index in [0.717, 1.165) is 22.7 Å². The summed E-state index contributed by atoms with van der Waals surface area (Å²) in [6.45, 7) is 3.17. The third-order valence-electron chi connectivity index (χ3n) is 3.17. The lowest BCUT2D eigenvalue weighted by Crippen LogP contribution is -2.27. The van der Waals surface area contributed by atoms with Crippen LogP contribution in [0.15, 0.2) is 18.2 Å². The van der Waals surface area contributed by atoms with Gasteiger partial charge in [0, 0.05) is 25.1 Å². The largest absolute Gasteiger partial charge is 0.418 e. The van der Waals surface area contributed by atoms with Crippen molar-refractivity contribution < 1.29 is 22.8 Å². The van der Waals surface area contributed by atoms with Crippen molar-refractivity contribution in [1.29, 1.82) is 0 Å². The number of amides is 1. The van der Waals surface area contributed by atoms with Crippen molar-refractivity contribution in [2.24, 2.45) is 0 Å². The summed E-state index contributed by atoms with van der Waals surface area (Å²) in [7, 11) is 0. The second-order valence-corrected chi connectivity index (χ2v) is 6.44. The van der Waals surface area contributed by atoms with Crippen molar-refractivity contribution in [2.45, 2.75) is 31.7 Å². The Morgan fingerprint density at radius 3 is 2.62 bits per heavy atom. The zero-order valence-electron chi connectivity index (χ0n) is 11.5. The maximum Gasteiger partial charge on any atom is 0.418 e. The maximum atomic E-state index is 13.1. The van der Waals surface area contributed by atoms with Crippen LogP contribution in [0.5, 0.6) is 0 Å². The molecule has 0 bridgehead atoms. The number of anilines is 1. The summed E-state index contributed by atoms with van der Waals surface area (Å²) in [5.74, 6) is -0.384. The van der Waals surface area contributed by atoms with E-state index in [2.05, 4.69) is 0 Å². The smallest absolute Gasteiger partial charge is 0.311 e. The van der Waals surface area contributed by atoms with E-state index in [1.807, 2.05) is 0 Å². The summed E-state index contributed by atoms with van der Waals surface area (Å²) in [5, 5.41) is -0.438. The number of alkyl halides is 3. The topological polar surface area (TPSA) is 37.4 Å². The third-order valence-corrected chi connectivity index (χ3v) is 4.15. The fraction of sp³-hybridized carbons (Fsp3) is 0.429. The van der Waals surface area contributed by atoms with Gasteiger partial charge in [-0.2, -0.15) is 13.2 Å². The second kappa shape index (κ2) is 5.71. The van der Waals surface area contributed by atoms with E-state index in [1.165, 1.54) is 19.1 Å². The van der Waals surface area contributed by atoms with Crippen LogP contribution in [0.4, 0.5) is 18.9 Å². The fourth-order valence-corrected chi connectivity index (χ4v) is 3.24. The van der Waals surface area contributed by atoms with Gasteiger partial charge in [-0.1, -0.05) is 17.8 Å². The number of carbonyl (C=O) groups excluding carboxylic acids is 2. The van der Waals surface area contributed by atoms with Crippen molar-refractivity contribution in [2.75, 3.05) is 11.4 Å². The second-order valence-electron chi connectivity index (χ2n) is 4.96. The van der Waals surface area contributed by atoms with Crippen molar-refractivity contribution >= 4 is 28.5 Å². The van der Waals surface area contributed by atoms with Gasteiger partial charge in [-0.15, -0.1) is 0 Å². The molecule has 0 spiro atoms. The molecule has 1 aromatic carbocycles. The van der Waals surface area contributed by atoms with Crippen LogP contribution >= 0.6 is 11.8 Å². The zero-order chi connectivity index (χ0) is 15.8. The number of carbonyl (C=O) groups is 2. The average molecular weight is 317 g/mol. The van der Waals surface area contributed by atoms with Crippen LogP contribution in [0.2, 0.25) is 0 Å². The Balaban J connectivity index is 2.36. The standard InChI is InChI=1S/C14H14F3NO2S/c1-8-3-4-11(14(15,16)17)12(5-8)18-7-10(6-13(18)20)21-9(2)19/h3-5,10H,6-7H2,1-2H3. The van der Waals surface area contributed by atoms with Gasteiger partial charge in [-0.05, 0) is 24.6 Å². The number of rotatable bonds is 2. The molecule has 0 radical (unpaired) electrons. The van der Waals surface area contributed by atoms with E-state index in [4.69, 9.17) is 0 Å². The van der Waals surface area contributed by atoms with E-state index in [0.29, 0.717) is 5.56 Å². The van der Waals surface area contributed by atoms with Gasteiger partial charge >= 0.3 is 6.18 Å². The highest BCUT2D eigenvalue weighted by Crippen LogP contribution is 2.39. The van der Waals surface area contributed by atoms with Crippen LogP contribution in [-0.4, -0.2) is 22.8 Å². The van der Waals surface area contributed by atoms with Gasteiger partial charge in [0.2, 0.25) is 5.91 Å². The molecular weight excluding hydrogens is 303 g/mol. The van der Waals surface area contributed by atoms with E-state index in [9.17, 15) is 22.8 Å². The molecule has 7 heteroatoms. The average Bonchev–Trinajstić information content (AvgIpc) is 2.67. The van der Waals surface area contributed by atoms with E-state index in [1.54, 1.807) is 6.92 Å². The quantitative estimate of drug-likeness (QED) is 0.839. The molecule has 2 rings (SSSR count). The Labute approximate surface area is 124 Å². The molecule has 0 aliphatic carbocycles. The highest BCUT2D eigenvalue weighted by Gasteiger charge is 2.39. The van der Waals surface area contributed by atoms with Gasteiger partial charge < -0.3 is 4.90 Å². The summed E-state index contributed by atoms with van der Waals surface area (Å²) in [5.41, 5.74) is -0.303. The SMILES string of the molecule is CC(=O)SC1CC(=O)N(c2cc(C)ccc2C(F)(F)F)C1. The first-order valence-electron chi connectivity index (χ1n) is 6.34. The first kappa shape index (κ1) is 15.9. The van der Waals surface area contributed by atoms with Crippen molar-refractivity contribution in [1.82, 2.24) is 0 Å². The predicted octanol–water partition coefficient (Wildman–Crippen LogP) is 3.40. The number of hydrogen-bond acceptors (Lipinski definition) is 3. The number of benzene rings is 1. The molecule has 0 N–H and O–H groups in total. The normalized spacial score (nSPS) is 19.2. The van der Waals surface area contributed by atoms with Crippen LogP contribution < -0.4 is 4.90 Å². The van der Waals surface area contributed by atoms with Gasteiger partial charge in [0.25, 0.3) is 0 Å². The highest BCUT2D eigenvalue weighted by atomic mass is 32.2. The van der Waals surface area contributed by atoms with Crippen molar-refractivity contribution in [3.63, 3.8) is 0 Å². The number of aryl methyl sites for hydroxylation is 1. The molecule has 1 aromatic rings. The summed E-state index contributed by atoms with van der Waals surface area (Å²) in [6.07, 6.45) is -4.44. The van der Waals surface area contributed by atoms with Gasteiger partial charge in [0.05, 0.1) is 11.3 Å². The molecule has 0 saturated carbocycles. The molecule has 21 heavy (non-hydrogen) atoms. The van der Waals surface area contributed by atoms with E-state index < -0.39 is 11.7 Å². The lowest BCUT2D eigenvalue weighted by atomic mass is 10.1. The van der Waals surface area contributed by atoms with E-state index >= 15 is 0 Å². The van der Waals surface area contributed by atoms with Crippen LogP contribution in [0, 0.1) is 6.92 Å². The lowest BCUT2D eigenvalue weighted by Gasteiger charge is -2.22. The molecule has 1 fully saturated rings. The molecule has 1 saturated heterocycles. The Bertz CT molecular complexity index is 586. The number of thioether (sulfide) groups is 1. The molecule has 3 nitrogen and oxygen atoms in total. The number of hydrogen-bond donors (Lipinski definition) is 0. The van der Waals surface area contributed by atoms with Crippen LogP contribution in [0.1, 0.15) is 24.5 Å². The zero-order valence-corrected chi connectivity index (χ0v) is 12.3. The Morgan fingerprint density at radius 1 is 1.38 bits per heavy atom. The molecule has 1 unspecified atom stereocenters. The predicted molar refractivity (Wildman–Crippen MR) is 75.2 cm³/mol. The van der Waals surface area contributed by atoms with Crippen LogP contribution in [0.3, 0.4) is 0 Å². The Kier molecular flexibility index (Phi) is 4.32. The van der Waals surface area contributed by atoms with Gasteiger partial charge in [-0.3, -0.25) is 9.59 Å². The first-order chi connectivity index (χ1) is 9.68. The number of nitrogens with zero attached hydrogens (tertiary/aromatic N) is 1. The fourth-order valence-electron chi connectivity index (χ4n) is 2.33. The Morgan fingerprint density at radius 2 is 2.05 bits per heavy atom. The van der Waals surface area contributed by atoms with Gasteiger partial charge in [-0.25, -0.2) is 0 Å². The Hall–Kier alpha value is -1.50. The van der Waals surface area contributed by atoms with E-state index in [-0.39, 0.29) is 34.9 Å². The van der Waals surface area contributed by atoms with Gasteiger partial charge in [0.1, 0.15) is 0 Å². The molecule has 114 valence electrons. The highest BCUT2D eigenvalue weighted by molar-refractivity contribution is 8.14. The van der Waals surface area contributed by atoms with Gasteiger partial charge in [0.15, 0.2) is 5.12 Å². The summed E-state index contributed by atoms with van der Waals surface area (Å²) in [6, 6.07) is 3.72. The first-order valence-corrected chi connectivity index (χ1v) is 7.22. The minimum absolute atomic E-state index is 0.0789. The third kappa shape index (κ3) is 3.58. The van der Waals surface area contributed by atoms with Crippen LogP contribution in [0.25, 0.3) is 0 Å². The minimum Gasteiger partial charge on any atom is -0.311 e. The van der Waals surface area contributed by atoms with Crippen molar-refractivity contribution in [3.8, 4) is 0 Å². The summed E-state index contributed by atoms with van der Waals surface area (Å²) >= 11 is 0.999. The molecule has 1 amide bonds. The molecular formula is C14H14F3NO2S. The summed E-state index contributed by atoms with van der Waals surface area (Å²) < 4.78 is 39.2. The summed E-state index contributed by atoms with van der Waals surface area (Å²) in [4.78, 5) is 24.2.